The number of hydrogen-bond acceptors (Lipinski definition) is 5. The van der Waals surface area contributed by atoms with Crippen LogP contribution in [-0.4, -0.2) is 70.7 Å². The number of rotatable bonds is 7. The summed E-state index contributed by atoms with van der Waals surface area (Å²) in [4.78, 5) is 26.7. The molecular weight excluding hydrogens is 424 g/mol. The van der Waals surface area contributed by atoms with Gasteiger partial charge in [0.2, 0.25) is 0 Å². The third-order valence-electron chi connectivity index (χ3n) is 10.1. The lowest BCUT2D eigenvalue weighted by molar-refractivity contribution is -0.922. The van der Waals surface area contributed by atoms with Crippen LogP contribution < -0.4 is 0 Å². The van der Waals surface area contributed by atoms with Crippen LogP contribution in [0.15, 0.2) is 0 Å². The zero-order valence-corrected chi connectivity index (χ0v) is 22.1. The lowest BCUT2D eigenvalue weighted by Gasteiger charge is -2.61. The Kier molecular flexibility index (Phi) is 7.72. The van der Waals surface area contributed by atoms with E-state index < -0.39 is 49.7 Å². The predicted octanol–water partition coefficient (Wildman–Crippen LogP) is 4.30. The molecule has 2 heterocycles. The van der Waals surface area contributed by atoms with Crippen LogP contribution in [0.25, 0.3) is 0 Å². The first-order valence-electron chi connectivity index (χ1n) is 12.5. The number of hydrogen-bond donors (Lipinski definition) is 1. The summed E-state index contributed by atoms with van der Waals surface area (Å²) in [5.74, 6) is -2.89. The number of carboxylic acid groups (broad SMARTS) is 1. The van der Waals surface area contributed by atoms with Gasteiger partial charge in [-0.3, -0.25) is 9.59 Å². The smallest absolute Gasteiger partial charge is 0.324 e. The molecule has 2 rings (SSSR count). The van der Waals surface area contributed by atoms with Crippen LogP contribution in [0.2, 0.25) is 0 Å². The summed E-state index contributed by atoms with van der Waals surface area (Å²) in [7, 11) is 3.27. The number of quaternary nitrogens is 2. The van der Waals surface area contributed by atoms with E-state index in [1.807, 2.05) is 48.5 Å². The summed E-state index contributed by atoms with van der Waals surface area (Å²) in [6.07, 6.45) is 1.76. The number of carboxylic acids is 1. The molecule has 2 fully saturated rings. The van der Waals surface area contributed by atoms with Gasteiger partial charge in [-0.1, -0.05) is 33.6 Å². The van der Waals surface area contributed by atoms with Crippen molar-refractivity contribution in [2.75, 3.05) is 27.2 Å². The summed E-state index contributed by atoms with van der Waals surface area (Å²) in [5, 5.41) is 36.6. The van der Waals surface area contributed by atoms with Crippen molar-refractivity contribution in [3.8, 4) is 0 Å². The molecular formula is C25H46N2O6. The average Bonchev–Trinajstić information content (AvgIpc) is 2.69. The Hall–Kier alpha value is -1.22. The number of piperidine rings is 2. The molecule has 0 radical (unpaired) electrons. The molecule has 0 saturated carbocycles. The number of nitrogens with zero attached hydrogens (tertiary/aromatic N) is 2. The minimum atomic E-state index is -1.70. The number of unbranched alkanes of at least 4 members (excludes halogenated alkanes) is 1. The van der Waals surface area contributed by atoms with Gasteiger partial charge in [-0.05, 0) is 40.0 Å². The highest BCUT2D eigenvalue weighted by molar-refractivity contribution is 5.99. The maximum Gasteiger partial charge on any atom is 0.324 e. The third-order valence-corrected chi connectivity index (χ3v) is 10.1. The van der Waals surface area contributed by atoms with Crippen molar-refractivity contribution in [3.05, 3.63) is 10.4 Å². The Morgan fingerprint density at radius 3 is 1.97 bits per heavy atom. The maximum absolute atomic E-state index is 13.8. The first-order valence-corrected chi connectivity index (χ1v) is 12.5. The van der Waals surface area contributed by atoms with Crippen LogP contribution in [0, 0.1) is 33.6 Å². The second-order valence-corrected chi connectivity index (χ2v) is 12.0. The predicted molar refractivity (Wildman–Crippen MR) is 128 cm³/mol. The van der Waals surface area contributed by atoms with E-state index in [-0.39, 0.29) is 24.8 Å². The summed E-state index contributed by atoms with van der Waals surface area (Å²) in [6, 6.07) is 0. The van der Waals surface area contributed by atoms with Crippen LogP contribution >= 0.6 is 0 Å². The summed E-state index contributed by atoms with van der Waals surface area (Å²) in [6.45, 7) is 13.8. The zero-order chi connectivity index (χ0) is 25.6. The molecule has 7 atom stereocenters. The van der Waals surface area contributed by atoms with Crippen molar-refractivity contribution in [2.24, 2.45) is 23.2 Å². The van der Waals surface area contributed by atoms with E-state index in [4.69, 9.17) is 4.74 Å². The van der Waals surface area contributed by atoms with Crippen LogP contribution in [0.1, 0.15) is 80.6 Å². The number of carbonyl (C=O) groups excluding carboxylic acids is 1. The van der Waals surface area contributed by atoms with Gasteiger partial charge in [-0.2, -0.15) is 0 Å². The number of likely N-dealkylation sites (tertiary alicyclic amines) is 2. The molecule has 0 spiro atoms. The van der Waals surface area contributed by atoms with Gasteiger partial charge in [-0.15, -0.1) is 0 Å². The lowest BCUT2D eigenvalue weighted by Crippen LogP contribution is -2.68. The normalized spacial score (nSPS) is 40.0. The number of aliphatic carboxylic acids is 1. The fraction of sp³-hybridized carbons (Fsp3) is 0.920. The number of hydroxylamine groups is 6. The average molecular weight is 471 g/mol. The first kappa shape index (κ1) is 28.0. The SMILES string of the molecule is CCCCC(C(=O)O)(C(=O)OC1CC[N+](C)([O-])C(C)(C)C1C)C1CC[N+](C)([O-])C(C)(C)C1C. The molecule has 0 aromatic rings. The molecule has 2 aliphatic rings. The fourth-order valence-corrected chi connectivity index (χ4v) is 5.97. The van der Waals surface area contributed by atoms with Gasteiger partial charge < -0.3 is 29.6 Å². The topological polar surface area (TPSA) is 110 Å². The molecule has 0 aromatic heterocycles. The highest BCUT2D eigenvalue weighted by atomic mass is 16.6. The molecule has 2 saturated heterocycles. The molecule has 0 aliphatic carbocycles. The van der Waals surface area contributed by atoms with Gasteiger partial charge in [0.1, 0.15) is 6.10 Å². The van der Waals surface area contributed by atoms with Gasteiger partial charge in [0.15, 0.2) is 5.41 Å². The maximum atomic E-state index is 13.8. The van der Waals surface area contributed by atoms with Crippen LogP contribution in [0.3, 0.4) is 0 Å². The number of carbonyl (C=O) groups is 2. The minimum absolute atomic E-state index is 0.186. The van der Waals surface area contributed by atoms with Gasteiger partial charge in [-0.25, -0.2) is 0 Å². The molecule has 33 heavy (non-hydrogen) atoms. The summed E-state index contributed by atoms with van der Waals surface area (Å²) < 4.78 is 5.14. The Balaban J connectivity index is 2.46. The van der Waals surface area contributed by atoms with E-state index in [0.29, 0.717) is 25.8 Å². The Bertz CT molecular complexity index is 747. The van der Waals surface area contributed by atoms with Crippen LogP contribution in [-0.2, 0) is 14.3 Å². The van der Waals surface area contributed by atoms with E-state index in [0.717, 1.165) is 6.42 Å². The van der Waals surface area contributed by atoms with Crippen LogP contribution in [0.5, 0.6) is 0 Å². The molecule has 1 N–H and O–H groups in total. The second-order valence-electron chi connectivity index (χ2n) is 12.0. The summed E-state index contributed by atoms with van der Waals surface area (Å²) in [5.41, 5.74) is -3.11. The first-order chi connectivity index (χ1) is 14.9. The van der Waals surface area contributed by atoms with Gasteiger partial charge in [0.25, 0.3) is 0 Å². The van der Waals surface area contributed by atoms with Crippen molar-refractivity contribution < 1.29 is 28.7 Å². The molecule has 192 valence electrons. The monoisotopic (exact) mass is 470 g/mol. The highest BCUT2D eigenvalue weighted by Gasteiger charge is 2.62. The molecule has 0 amide bonds. The van der Waals surface area contributed by atoms with Gasteiger partial charge in [0.05, 0.1) is 38.3 Å². The summed E-state index contributed by atoms with van der Waals surface area (Å²) >= 11 is 0. The highest BCUT2D eigenvalue weighted by Crippen LogP contribution is 2.51. The van der Waals surface area contributed by atoms with Crippen LogP contribution in [0.4, 0.5) is 0 Å². The van der Waals surface area contributed by atoms with Crippen molar-refractivity contribution >= 4 is 11.9 Å². The lowest BCUT2D eigenvalue weighted by atomic mass is 9.59. The van der Waals surface area contributed by atoms with E-state index in [9.17, 15) is 25.1 Å². The van der Waals surface area contributed by atoms with E-state index in [1.165, 1.54) is 0 Å². The van der Waals surface area contributed by atoms with Crippen molar-refractivity contribution in [2.45, 2.75) is 97.8 Å². The molecule has 7 unspecified atom stereocenters. The molecule has 8 heteroatoms. The van der Waals surface area contributed by atoms with E-state index in [1.54, 1.807) is 14.1 Å². The number of esters is 1. The van der Waals surface area contributed by atoms with E-state index in [2.05, 4.69) is 0 Å². The standard InChI is InChI=1S/C25H46N2O6/c1-10-11-14-25(21(28)29,19-12-15-26(8,31)23(4,5)17(19)2)22(30)33-20-13-16-27(9,32)24(6,7)18(20)3/h17-20H,10-16H2,1-9H3,(H,28,29). The minimum Gasteiger partial charge on any atom is -0.633 e. The molecule has 0 bridgehead atoms. The quantitative estimate of drug-likeness (QED) is 0.257. The van der Waals surface area contributed by atoms with Crippen molar-refractivity contribution in [1.29, 1.82) is 0 Å². The molecule has 2 aliphatic heterocycles. The van der Waals surface area contributed by atoms with Crippen molar-refractivity contribution in [3.63, 3.8) is 0 Å². The van der Waals surface area contributed by atoms with Crippen molar-refractivity contribution in [1.82, 2.24) is 0 Å². The Morgan fingerprint density at radius 2 is 1.48 bits per heavy atom. The third kappa shape index (κ3) is 4.44. The van der Waals surface area contributed by atoms with Gasteiger partial charge in [0, 0.05) is 24.7 Å². The largest absolute Gasteiger partial charge is 0.633 e. The number of ether oxygens (including phenoxy) is 1. The molecule has 8 nitrogen and oxygen atoms in total. The Morgan fingerprint density at radius 1 is 1.00 bits per heavy atom. The second kappa shape index (κ2) is 9.10. The van der Waals surface area contributed by atoms with E-state index >= 15 is 0 Å². The fourth-order valence-electron chi connectivity index (χ4n) is 5.97. The Labute approximate surface area is 199 Å². The van der Waals surface area contributed by atoms with Gasteiger partial charge >= 0.3 is 11.9 Å². The molecule has 0 aromatic carbocycles. The zero-order valence-electron chi connectivity index (χ0n) is 22.1.